The number of benzene rings is 1. The number of alkyl halides is 3. The molecule has 0 radical (unpaired) electrons. The summed E-state index contributed by atoms with van der Waals surface area (Å²) in [5.74, 6) is 2.61. The normalized spacial score (nSPS) is 30.7. The molecule has 4 nitrogen and oxygen atoms in total. The number of halogens is 3. The van der Waals surface area contributed by atoms with Gasteiger partial charge in [0.25, 0.3) is 0 Å². The van der Waals surface area contributed by atoms with Crippen LogP contribution >= 0.6 is 0 Å². The Morgan fingerprint density at radius 2 is 1.52 bits per heavy atom. The summed E-state index contributed by atoms with van der Waals surface area (Å²) in [5.41, 5.74) is -2.65. The zero-order chi connectivity index (χ0) is 22.8. The standard InChI is InChI=1S/C23H30F3NO3S/c1-22(2,21(28)13-18-16-9-14-8-15(11-16)12-17(18)10-14)27(3)31(29,30)20-7-5-4-6-19(20)23(24,25)26/h4-7,14-18H,8-13H2,1-3H3. The van der Waals surface area contributed by atoms with E-state index >= 15 is 0 Å². The summed E-state index contributed by atoms with van der Waals surface area (Å²) in [5, 5.41) is 0. The average molecular weight is 458 g/mol. The minimum Gasteiger partial charge on any atom is -0.298 e. The summed E-state index contributed by atoms with van der Waals surface area (Å²) in [6.07, 6.45) is 1.40. The molecule has 0 amide bonds. The number of nitrogens with zero attached hydrogens (tertiary/aromatic N) is 1. The lowest BCUT2D eigenvalue weighted by molar-refractivity contribution is -0.139. The van der Waals surface area contributed by atoms with Crippen LogP contribution in [0, 0.1) is 29.6 Å². The van der Waals surface area contributed by atoms with E-state index < -0.39 is 32.2 Å². The fourth-order valence-electron chi connectivity index (χ4n) is 6.38. The Kier molecular flexibility index (Phi) is 5.57. The van der Waals surface area contributed by atoms with E-state index in [-0.39, 0.29) is 11.7 Å². The SMILES string of the molecule is CN(C(C)(C)C(=O)CC1C2CC3CC(C2)CC1C3)S(=O)(=O)c1ccccc1C(F)(F)F. The summed E-state index contributed by atoms with van der Waals surface area (Å²) >= 11 is 0. The van der Waals surface area contributed by atoms with Gasteiger partial charge in [0.2, 0.25) is 10.0 Å². The first-order chi connectivity index (χ1) is 14.3. The maximum Gasteiger partial charge on any atom is 0.417 e. The van der Waals surface area contributed by atoms with Gasteiger partial charge in [-0.25, -0.2) is 8.42 Å². The molecular formula is C23H30F3NO3S. The Hall–Kier alpha value is -1.41. The summed E-state index contributed by atoms with van der Waals surface area (Å²) < 4.78 is 67.4. The van der Waals surface area contributed by atoms with Crippen LogP contribution in [0.5, 0.6) is 0 Å². The number of hydrogen-bond donors (Lipinski definition) is 0. The molecule has 4 bridgehead atoms. The van der Waals surface area contributed by atoms with E-state index in [9.17, 15) is 26.4 Å². The quantitative estimate of drug-likeness (QED) is 0.595. The van der Waals surface area contributed by atoms with Crippen molar-refractivity contribution >= 4 is 15.8 Å². The fourth-order valence-corrected chi connectivity index (χ4v) is 8.09. The van der Waals surface area contributed by atoms with Gasteiger partial charge in [-0.05, 0) is 87.7 Å². The zero-order valence-electron chi connectivity index (χ0n) is 18.2. The van der Waals surface area contributed by atoms with Crippen LogP contribution in [0.2, 0.25) is 0 Å². The van der Waals surface area contributed by atoms with Crippen LogP contribution < -0.4 is 0 Å². The van der Waals surface area contributed by atoms with Gasteiger partial charge in [-0.2, -0.15) is 17.5 Å². The molecule has 5 rings (SSSR count). The van der Waals surface area contributed by atoms with E-state index in [2.05, 4.69) is 0 Å². The third kappa shape index (κ3) is 3.94. The summed E-state index contributed by atoms with van der Waals surface area (Å²) in [6.45, 7) is 3.00. The maximum atomic E-state index is 13.4. The smallest absolute Gasteiger partial charge is 0.298 e. The highest BCUT2D eigenvalue weighted by Gasteiger charge is 2.50. The van der Waals surface area contributed by atoms with Gasteiger partial charge < -0.3 is 0 Å². The van der Waals surface area contributed by atoms with Gasteiger partial charge in [-0.3, -0.25) is 4.79 Å². The first-order valence-corrected chi connectivity index (χ1v) is 12.4. The van der Waals surface area contributed by atoms with Crippen molar-refractivity contribution in [1.82, 2.24) is 4.31 Å². The summed E-state index contributed by atoms with van der Waals surface area (Å²) in [6, 6.07) is 4.13. The third-order valence-electron chi connectivity index (χ3n) is 8.14. The molecule has 0 spiro atoms. The van der Waals surface area contributed by atoms with E-state index in [4.69, 9.17) is 0 Å². The lowest BCUT2D eigenvalue weighted by atomic mass is 9.51. The Morgan fingerprint density at radius 1 is 1.00 bits per heavy atom. The Balaban J connectivity index is 1.56. The van der Waals surface area contributed by atoms with E-state index in [0.717, 1.165) is 60.0 Å². The molecule has 4 aliphatic rings. The van der Waals surface area contributed by atoms with Crippen molar-refractivity contribution in [3.8, 4) is 0 Å². The van der Waals surface area contributed by atoms with Crippen molar-refractivity contribution < 1.29 is 26.4 Å². The second-order valence-electron chi connectivity index (χ2n) is 10.2. The predicted octanol–water partition coefficient (Wildman–Crippen LogP) is 5.14. The maximum absolute atomic E-state index is 13.4. The van der Waals surface area contributed by atoms with Crippen LogP contribution in [0.25, 0.3) is 0 Å². The van der Waals surface area contributed by atoms with Gasteiger partial charge in [-0.15, -0.1) is 0 Å². The van der Waals surface area contributed by atoms with Gasteiger partial charge in [0.1, 0.15) is 0 Å². The molecule has 172 valence electrons. The molecule has 0 N–H and O–H groups in total. The Morgan fingerprint density at radius 3 is 2.03 bits per heavy atom. The van der Waals surface area contributed by atoms with Crippen molar-refractivity contribution in [3.63, 3.8) is 0 Å². The molecule has 4 fully saturated rings. The van der Waals surface area contributed by atoms with Crippen molar-refractivity contribution in [1.29, 1.82) is 0 Å². The molecule has 1 aromatic carbocycles. The topological polar surface area (TPSA) is 54.5 Å². The van der Waals surface area contributed by atoms with Crippen LogP contribution in [0.1, 0.15) is 57.9 Å². The van der Waals surface area contributed by atoms with Crippen molar-refractivity contribution in [2.45, 2.75) is 69.0 Å². The fraction of sp³-hybridized carbons (Fsp3) is 0.696. The lowest BCUT2D eigenvalue weighted by Gasteiger charge is -2.54. The number of carbonyl (C=O) groups excluding carboxylic acids is 1. The summed E-state index contributed by atoms with van der Waals surface area (Å²) in [7, 11) is -3.32. The van der Waals surface area contributed by atoms with Crippen LogP contribution in [0.3, 0.4) is 0 Å². The average Bonchev–Trinajstić information content (AvgIpc) is 2.68. The Labute approximate surface area is 182 Å². The minimum atomic E-state index is -4.81. The molecule has 0 aromatic heterocycles. The van der Waals surface area contributed by atoms with Gasteiger partial charge >= 0.3 is 6.18 Å². The molecule has 1 aromatic rings. The molecule has 0 atom stereocenters. The number of hydrogen-bond acceptors (Lipinski definition) is 3. The molecule has 8 heteroatoms. The first kappa shape index (κ1) is 22.8. The molecule has 0 saturated heterocycles. The minimum absolute atomic E-state index is 0.222. The molecule has 0 heterocycles. The molecule has 31 heavy (non-hydrogen) atoms. The largest absolute Gasteiger partial charge is 0.417 e. The second kappa shape index (κ2) is 7.58. The number of Topliss-reactive ketones (excluding diaryl/α,β-unsaturated/α-hetero) is 1. The highest BCUT2D eigenvalue weighted by atomic mass is 32.2. The van der Waals surface area contributed by atoms with Crippen molar-refractivity contribution in [2.75, 3.05) is 7.05 Å². The van der Waals surface area contributed by atoms with Gasteiger partial charge in [-0.1, -0.05) is 12.1 Å². The van der Waals surface area contributed by atoms with E-state index in [1.54, 1.807) is 0 Å². The molecular weight excluding hydrogens is 427 g/mol. The van der Waals surface area contributed by atoms with Gasteiger partial charge in [0.15, 0.2) is 5.78 Å². The summed E-state index contributed by atoms with van der Waals surface area (Å²) in [4.78, 5) is 12.5. The number of carbonyl (C=O) groups is 1. The second-order valence-corrected chi connectivity index (χ2v) is 12.2. The monoisotopic (exact) mass is 457 g/mol. The van der Waals surface area contributed by atoms with Crippen molar-refractivity contribution in [2.24, 2.45) is 29.6 Å². The lowest BCUT2D eigenvalue weighted by Crippen LogP contribution is -2.53. The highest BCUT2D eigenvalue weighted by molar-refractivity contribution is 7.89. The number of likely N-dealkylation sites (N-methyl/N-ethyl adjacent to an activating group) is 1. The number of ketones is 1. The molecule has 0 unspecified atom stereocenters. The van der Waals surface area contributed by atoms with Crippen LogP contribution in [0.4, 0.5) is 13.2 Å². The van der Waals surface area contributed by atoms with E-state index in [1.807, 2.05) is 0 Å². The van der Waals surface area contributed by atoms with E-state index in [0.29, 0.717) is 18.3 Å². The number of rotatable bonds is 6. The molecule has 4 saturated carbocycles. The predicted molar refractivity (Wildman–Crippen MR) is 111 cm³/mol. The van der Waals surface area contributed by atoms with E-state index in [1.165, 1.54) is 33.4 Å². The number of sulfonamides is 1. The van der Waals surface area contributed by atoms with Gasteiger partial charge in [0, 0.05) is 13.5 Å². The van der Waals surface area contributed by atoms with Gasteiger partial charge in [0.05, 0.1) is 16.0 Å². The van der Waals surface area contributed by atoms with Crippen molar-refractivity contribution in [3.05, 3.63) is 29.8 Å². The first-order valence-electron chi connectivity index (χ1n) is 11.0. The Bertz CT molecular complexity index is 943. The third-order valence-corrected chi connectivity index (χ3v) is 10.2. The van der Waals surface area contributed by atoms with Crippen LogP contribution in [-0.4, -0.2) is 31.1 Å². The van der Waals surface area contributed by atoms with Crippen LogP contribution in [0.15, 0.2) is 29.2 Å². The highest BCUT2D eigenvalue weighted by Crippen LogP contribution is 2.57. The molecule has 0 aliphatic heterocycles. The van der Waals surface area contributed by atoms with Crippen LogP contribution in [-0.2, 0) is 21.0 Å². The molecule has 4 aliphatic carbocycles. The zero-order valence-corrected chi connectivity index (χ0v) is 19.0.